The van der Waals surface area contributed by atoms with Crippen LogP contribution in [0.5, 0.6) is 11.5 Å². The van der Waals surface area contributed by atoms with Crippen LogP contribution < -0.4 is 14.5 Å². The molecule has 0 N–H and O–H groups in total. The predicted molar refractivity (Wildman–Crippen MR) is 139 cm³/mol. The van der Waals surface area contributed by atoms with Crippen molar-refractivity contribution in [3.63, 3.8) is 0 Å². The van der Waals surface area contributed by atoms with Crippen LogP contribution in [-0.4, -0.2) is 39.3 Å². The topological polar surface area (TPSA) is 42.0 Å². The largest absolute Gasteiger partial charge is 0.465 e. The summed E-state index contributed by atoms with van der Waals surface area (Å²) in [6.07, 6.45) is 0. The predicted octanol–water partition coefficient (Wildman–Crippen LogP) is 6.45. The first-order chi connectivity index (χ1) is 16.6. The number of hydrogen-bond donors (Lipinski definition) is 0. The van der Waals surface area contributed by atoms with E-state index in [1.807, 2.05) is 24.3 Å². The number of fused-ring (bicyclic) bond motifs is 2. The highest BCUT2D eigenvalue weighted by Gasteiger charge is 2.32. The number of carbonyl (C=O) groups excluding carboxylic acids is 1. The minimum Gasteiger partial charge on any atom is -0.465 e. The van der Waals surface area contributed by atoms with Gasteiger partial charge in [0, 0.05) is 66.7 Å². The second kappa shape index (κ2) is 10.2. The number of nitrogens with zero attached hydrogens (tertiary/aromatic N) is 2. The van der Waals surface area contributed by atoms with Gasteiger partial charge in [-0.1, -0.05) is 30.3 Å². The van der Waals surface area contributed by atoms with Crippen LogP contribution in [0.15, 0.2) is 60.7 Å². The third-order valence-electron chi connectivity index (χ3n) is 6.77. The van der Waals surface area contributed by atoms with E-state index in [0.29, 0.717) is 5.56 Å². The second-order valence-corrected chi connectivity index (χ2v) is 8.40. The zero-order valence-corrected chi connectivity index (χ0v) is 20.8. The van der Waals surface area contributed by atoms with Crippen LogP contribution in [0.4, 0.5) is 11.4 Å². The van der Waals surface area contributed by atoms with Crippen molar-refractivity contribution >= 4 is 17.3 Å². The molecule has 34 heavy (non-hydrogen) atoms. The summed E-state index contributed by atoms with van der Waals surface area (Å²) >= 11 is 0. The van der Waals surface area contributed by atoms with Crippen molar-refractivity contribution in [2.45, 2.75) is 33.6 Å². The van der Waals surface area contributed by atoms with Gasteiger partial charge in [0.25, 0.3) is 0 Å². The molecule has 4 rings (SSSR count). The summed E-state index contributed by atoms with van der Waals surface area (Å²) in [7, 11) is 1.43. The molecule has 0 saturated heterocycles. The Morgan fingerprint density at radius 1 is 0.765 bits per heavy atom. The molecule has 0 aliphatic carbocycles. The highest BCUT2D eigenvalue weighted by Crippen LogP contribution is 2.50. The third kappa shape index (κ3) is 4.23. The molecule has 0 spiro atoms. The van der Waals surface area contributed by atoms with Crippen molar-refractivity contribution < 1.29 is 14.3 Å². The number of rotatable bonds is 8. The average molecular weight is 459 g/mol. The van der Waals surface area contributed by atoms with E-state index < -0.39 is 0 Å². The first-order valence-corrected chi connectivity index (χ1v) is 12.2. The molecule has 3 aromatic rings. The third-order valence-corrected chi connectivity index (χ3v) is 6.77. The Morgan fingerprint density at radius 2 is 1.26 bits per heavy atom. The lowest BCUT2D eigenvalue weighted by Crippen LogP contribution is -2.23. The molecule has 0 fully saturated rings. The molecule has 3 aromatic carbocycles. The lowest BCUT2D eigenvalue weighted by atomic mass is 9.80. The number of methoxy groups -OCH3 is 1. The van der Waals surface area contributed by atoms with Gasteiger partial charge in [0.15, 0.2) is 0 Å². The highest BCUT2D eigenvalue weighted by atomic mass is 16.5. The lowest BCUT2D eigenvalue weighted by Gasteiger charge is -2.32. The van der Waals surface area contributed by atoms with Gasteiger partial charge in [-0.2, -0.15) is 0 Å². The number of benzene rings is 3. The van der Waals surface area contributed by atoms with Crippen molar-refractivity contribution in [2.24, 2.45) is 0 Å². The molecular formula is C29H34N2O3. The summed E-state index contributed by atoms with van der Waals surface area (Å²) in [5, 5.41) is 0. The molecule has 0 radical (unpaired) electrons. The Bertz CT molecular complexity index is 1100. The Morgan fingerprint density at radius 3 is 1.74 bits per heavy atom. The molecule has 0 saturated carbocycles. The first-order valence-electron chi connectivity index (χ1n) is 12.2. The molecule has 0 bridgehead atoms. The Balaban J connectivity index is 1.92. The van der Waals surface area contributed by atoms with Gasteiger partial charge in [0.1, 0.15) is 11.5 Å². The number of hydrogen-bond acceptors (Lipinski definition) is 5. The zero-order chi connectivity index (χ0) is 24.2. The Labute approximate surface area is 202 Å². The fourth-order valence-corrected chi connectivity index (χ4v) is 4.94. The number of ether oxygens (including phenoxy) is 2. The SMILES string of the molecule is CCN(CC)c1ccc2c(c1)Oc1cc(N(CC)CC)ccc1C2c1ccccc1C(=O)OC. The van der Waals surface area contributed by atoms with Gasteiger partial charge >= 0.3 is 5.97 Å². The van der Waals surface area contributed by atoms with Crippen LogP contribution in [0.1, 0.15) is 60.7 Å². The number of carbonyl (C=O) groups is 1. The molecule has 178 valence electrons. The van der Waals surface area contributed by atoms with Gasteiger partial charge in [0.05, 0.1) is 12.7 Å². The van der Waals surface area contributed by atoms with E-state index in [1.165, 1.54) is 7.11 Å². The van der Waals surface area contributed by atoms with E-state index in [9.17, 15) is 4.79 Å². The van der Waals surface area contributed by atoms with Crippen LogP contribution in [0.25, 0.3) is 0 Å². The second-order valence-electron chi connectivity index (χ2n) is 8.40. The summed E-state index contributed by atoms with van der Waals surface area (Å²) in [6, 6.07) is 20.6. The van der Waals surface area contributed by atoms with E-state index in [2.05, 4.69) is 73.9 Å². The molecule has 1 aliphatic rings. The summed E-state index contributed by atoms with van der Waals surface area (Å²) in [5.74, 6) is 1.20. The standard InChI is InChI=1S/C29H34N2O3/c1-6-30(7-2)20-14-16-24-26(18-20)34-27-19-21(31(8-3)9-4)15-17-25(27)28(24)22-12-10-11-13-23(22)29(32)33-5/h10-19,28H,6-9H2,1-5H3. The molecule has 5 heteroatoms. The first kappa shape index (κ1) is 23.7. The highest BCUT2D eigenvalue weighted by molar-refractivity contribution is 5.92. The van der Waals surface area contributed by atoms with Crippen molar-refractivity contribution in [3.05, 3.63) is 82.9 Å². The Kier molecular flexibility index (Phi) is 7.11. The maximum atomic E-state index is 12.7. The number of anilines is 2. The zero-order valence-electron chi connectivity index (χ0n) is 20.8. The molecule has 0 amide bonds. The summed E-state index contributed by atoms with van der Waals surface area (Å²) in [5.41, 5.74) is 5.87. The molecular weight excluding hydrogens is 424 g/mol. The lowest BCUT2D eigenvalue weighted by molar-refractivity contribution is 0.0599. The van der Waals surface area contributed by atoms with E-state index in [4.69, 9.17) is 9.47 Å². The van der Waals surface area contributed by atoms with Crippen LogP contribution >= 0.6 is 0 Å². The minimum absolute atomic E-state index is 0.134. The van der Waals surface area contributed by atoms with E-state index in [0.717, 1.165) is 65.7 Å². The molecule has 1 aliphatic heterocycles. The minimum atomic E-state index is -0.329. The quantitative estimate of drug-likeness (QED) is 0.284. The summed E-state index contributed by atoms with van der Waals surface area (Å²) < 4.78 is 11.7. The van der Waals surface area contributed by atoms with Gasteiger partial charge in [-0.25, -0.2) is 4.79 Å². The van der Waals surface area contributed by atoms with Gasteiger partial charge < -0.3 is 19.3 Å². The maximum Gasteiger partial charge on any atom is 0.338 e. The van der Waals surface area contributed by atoms with Crippen molar-refractivity contribution in [3.8, 4) is 11.5 Å². The smallest absolute Gasteiger partial charge is 0.338 e. The van der Waals surface area contributed by atoms with Gasteiger partial charge in [0.2, 0.25) is 0 Å². The normalized spacial score (nSPS) is 12.4. The van der Waals surface area contributed by atoms with E-state index in [-0.39, 0.29) is 11.9 Å². The molecule has 5 nitrogen and oxygen atoms in total. The number of esters is 1. The summed E-state index contributed by atoms with van der Waals surface area (Å²) in [6.45, 7) is 12.3. The van der Waals surface area contributed by atoms with Crippen molar-refractivity contribution in [1.82, 2.24) is 0 Å². The van der Waals surface area contributed by atoms with E-state index in [1.54, 1.807) is 0 Å². The van der Waals surface area contributed by atoms with E-state index >= 15 is 0 Å². The summed E-state index contributed by atoms with van der Waals surface area (Å²) in [4.78, 5) is 17.3. The van der Waals surface area contributed by atoms with Gasteiger partial charge in [-0.05, 0) is 51.5 Å². The van der Waals surface area contributed by atoms with Crippen LogP contribution in [-0.2, 0) is 4.74 Å². The van der Waals surface area contributed by atoms with Gasteiger partial charge in [-0.15, -0.1) is 0 Å². The molecule has 0 aromatic heterocycles. The fraction of sp³-hybridized carbons (Fsp3) is 0.345. The van der Waals surface area contributed by atoms with Crippen molar-refractivity contribution in [2.75, 3.05) is 43.1 Å². The average Bonchev–Trinajstić information content (AvgIpc) is 2.88. The fourth-order valence-electron chi connectivity index (χ4n) is 4.94. The Hall–Kier alpha value is -3.47. The maximum absolute atomic E-state index is 12.7. The molecule has 0 unspecified atom stereocenters. The van der Waals surface area contributed by atoms with Crippen LogP contribution in [0.2, 0.25) is 0 Å². The van der Waals surface area contributed by atoms with Crippen molar-refractivity contribution in [1.29, 1.82) is 0 Å². The van der Waals surface area contributed by atoms with Crippen LogP contribution in [0, 0.1) is 0 Å². The van der Waals surface area contributed by atoms with Crippen LogP contribution in [0.3, 0.4) is 0 Å². The van der Waals surface area contributed by atoms with Gasteiger partial charge in [-0.3, -0.25) is 0 Å². The monoisotopic (exact) mass is 458 g/mol. The molecule has 1 heterocycles. The molecule has 0 atom stereocenters.